The van der Waals surface area contributed by atoms with Gasteiger partial charge < -0.3 is 10.2 Å². The summed E-state index contributed by atoms with van der Waals surface area (Å²) >= 11 is 0. The molecule has 218 valence electrons. The summed E-state index contributed by atoms with van der Waals surface area (Å²) in [4.78, 5) is 21.9. The highest BCUT2D eigenvalue weighted by Gasteiger charge is 2.34. The van der Waals surface area contributed by atoms with E-state index in [2.05, 4.69) is 41.2 Å². The Morgan fingerprint density at radius 3 is 2.43 bits per heavy atom. The predicted octanol–water partition coefficient (Wildman–Crippen LogP) is 7.55. The van der Waals surface area contributed by atoms with Crippen LogP contribution in [0.25, 0.3) is 23.1 Å². The summed E-state index contributed by atoms with van der Waals surface area (Å²) in [5.74, 6) is -0.102. The Balaban J connectivity index is 1.30. The number of amides is 1. The van der Waals surface area contributed by atoms with Crippen LogP contribution in [0.1, 0.15) is 57.9 Å². The van der Waals surface area contributed by atoms with E-state index in [1.165, 1.54) is 11.6 Å². The van der Waals surface area contributed by atoms with E-state index in [1.54, 1.807) is 24.3 Å². The molecule has 0 spiro atoms. The van der Waals surface area contributed by atoms with Gasteiger partial charge in [0.05, 0.1) is 11.1 Å². The number of rotatable bonds is 7. The first kappa shape index (κ1) is 29.5. The van der Waals surface area contributed by atoms with E-state index in [9.17, 15) is 18.0 Å². The summed E-state index contributed by atoms with van der Waals surface area (Å²) in [6.45, 7) is 7.59. The number of anilines is 1. The predicted molar refractivity (Wildman–Crippen MR) is 163 cm³/mol. The van der Waals surface area contributed by atoms with E-state index >= 15 is 0 Å². The SMILES string of the molecule is CC(C)c1cccc2cc(/C=C/c3cccc(C(=O)Nc4ccc(CN5CCN(C)CC5)c(C(F)(F)F)c4)c3)cnc12. The lowest BCUT2D eigenvalue weighted by molar-refractivity contribution is -0.138. The number of carbonyl (C=O) groups excluding carboxylic acids is 1. The summed E-state index contributed by atoms with van der Waals surface area (Å²) < 4.78 is 41.9. The molecule has 1 N–H and O–H groups in total. The molecular formula is C34H35F3N4O. The second-order valence-electron chi connectivity index (χ2n) is 11.2. The average Bonchev–Trinajstić information content (AvgIpc) is 2.97. The molecule has 2 heterocycles. The number of hydrogen-bond donors (Lipinski definition) is 1. The first-order valence-electron chi connectivity index (χ1n) is 14.2. The second-order valence-corrected chi connectivity index (χ2v) is 11.2. The molecule has 1 aliphatic heterocycles. The van der Waals surface area contributed by atoms with Gasteiger partial charge in [0, 0.05) is 55.6 Å². The van der Waals surface area contributed by atoms with Crippen LogP contribution in [0.4, 0.5) is 18.9 Å². The van der Waals surface area contributed by atoms with Crippen LogP contribution in [0.2, 0.25) is 0 Å². The molecule has 3 aromatic carbocycles. The zero-order valence-electron chi connectivity index (χ0n) is 24.1. The van der Waals surface area contributed by atoms with Crippen molar-refractivity contribution in [2.24, 2.45) is 0 Å². The van der Waals surface area contributed by atoms with Crippen LogP contribution in [0.15, 0.2) is 72.9 Å². The van der Waals surface area contributed by atoms with Crippen molar-refractivity contribution < 1.29 is 18.0 Å². The minimum absolute atomic E-state index is 0.110. The maximum absolute atomic E-state index is 14.0. The largest absolute Gasteiger partial charge is 0.416 e. The van der Waals surface area contributed by atoms with Crippen molar-refractivity contribution in [2.45, 2.75) is 32.5 Å². The number of likely N-dealkylation sites (N-methyl/N-ethyl adjacent to an activating group) is 1. The molecule has 0 radical (unpaired) electrons. The Morgan fingerprint density at radius 1 is 0.952 bits per heavy atom. The van der Waals surface area contributed by atoms with E-state index in [1.807, 2.05) is 48.5 Å². The first-order valence-corrected chi connectivity index (χ1v) is 14.2. The standard InChI is InChI=1S/C34H35F3N4O/c1-23(2)30-9-5-7-26-19-25(21-38-32(26)30)11-10-24-6-4-8-27(18-24)33(42)39-29-13-12-28(31(20-29)34(35,36)37)22-41-16-14-40(3)15-17-41/h4-13,18-21,23H,14-17,22H2,1-3H3,(H,39,42)/b11-10+. The van der Waals surface area contributed by atoms with Crippen molar-refractivity contribution in [1.29, 1.82) is 0 Å². The Bertz CT molecular complexity index is 1600. The number of nitrogens with one attached hydrogen (secondary N) is 1. The topological polar surface area (TPSA) is 48.5 Å². The van der Waals surface area contributed by atoms with Crippen molar-refractivity contribution in [3.63, 3.8) is 0 Å². The zero-order chi connectivity index (χ0) is 29.9. The average molecular weight is 573 g/mol. The van der Waals surface area contributed by atoms with Crippen LogP contribution in [0.3, 0.4) is 0 Å². The highest BCUT2D eigenvalue weighted by atomic mass is 19.4. The Labute approximate surface area is 244 Å². The minimum Gasteiger partial charge on any atom is -0.322 e. The molecule has 0 atom stereocenters. The molecule has 1 aromatic heterocycles. The number of hydrogen-bond acceptors (Lipinski definition) is 4. The first-order chi connectivity index (χ1) is 20.1. The number of halogens is 3. The van der Waals surface area contributed by atoms with E-state index in [-0.39, 0.29) is 17.8 Å². The number of carbonyl (C=O) groups is 1. The molecule has 4 aromatic rings. The summed E-state index contributed by atoms with van der Waals surface area (Å²) in [7, 11) is 2.01. The number of para-hydroxylation sites is 1. The van der Waals surface area contributed by atoms with Crippen LogP contribution < -0.4 is 5.32 Å². The lowest BCUT2D eigenvalue weighted by Gasteiger charge is -2.33. The molecule has 8 heteroatoms. The van der Waals surface area contributed by atoms with Crippen LogP contribution in [0.5, 0.6) is 0 Å². The third kappa shape index (κ3) is 7.06. The zero-order valence-corrected chi connectivity index (χ0v) is 24.1. The number of fused-ring (bicyclic) bond motifs is 1. The van der Waals surface area contributed by atoms with Crippen LogP contribution in [-0.2, 0) is 12.7 Å². The third-order valence-electron chi connectivity index (χ3n) is 7.67. The number of pyridine rings is 1. The number of aromatic nitrogens is 1. The van der Waals surface area contributed by atoms with Crippen molar-refractivity contribution in [3.05, 3.63) is 106 Å². The van der Waals surface area contributed by atoms with Gasteiger partial charge in [-0.2, -0.15) is 13.2 Å². The van der Waals surface area contributed by atoms with Crippen molar-refractivity contribution in [3.8, 4) is 0 Å². The molecule has 5 nitrogen and oxygen atoms in total. The molecule has 0 unspecified atom stereocenters. The van der Waals surface area contributed by atoms with E-state index in [0.717, 1.165) is 41.2 Å². The summed E-state index contributed by atoms with van der Waals surface area (Å²) in [5.41, 5.74) is 3.86. The molecule has 1 saturated heterocycles. The fraction of sp³-hybridized carbons (Fsp3) is 0.294. The van der Waals surface area contributed by atoms with Gasteiger partial charge in [0.1, 0.15) is 0 Å². The molecule has 5 rings (SSSR count). The Morgan fingerprint density at radius 2 is 1.69 bits per heavy atom. The molecule has 0 bridgehead atoms. The number of nitrogens with zero attached hydrogens (tertiary/aromatic N) is 3. The van der Waals surface area contributed by atoms with Crippen molar-refractivity contribution >= 4 is 34.6 Å². The number of piperazine rings is 1. The van der Waals surface area contributed by atoms with Gasteiger partial charge in [-0.05, 0) is 65.6 Å². The minimum atomic E-state index is -4.53. The second kappa shape index (κ2) is 12.5. The van der Waals surface area contributed by atoms with Gasteiger partial charge in [-0.1, -0.05) is 62.4 Å². The Kier molecular flexibility index (Phi) is 8.75. The van der Waals surface area contributed by atoms with Crippen molar-refractivity contribution in [2.75, 3.05) is 38.5 Å². The van der Waals surface area contributed by atoms with Crippen LogP contribution >= 0.6 is 0 Å². The van der Waals surface area contributed by atoms with Gasteiger partial charge in [0.15, 0.2) is 0 Å². The van der Waals surface area contributed by atoms with Gasteiger partial charge in [-0.3, -0.25) is 14.7 Å². The highest BCUT2D eigenvalue weighted by Crippen LogP contribution is 2.35. The normalized spacial score (nSPS) is 15.1. The summed E-state index contributed by atoms with van der Waals surface area (Å²) in [5, 5.41) is 3.71. The van der Waals surface area contributed by atoms with E-state index < -0.39 is 17.6 Å². The van der Waals surface area contributed by atoms with Gasteiger partial charge >= 0.3 is 6.18 Å². The number of benzene rings is 3. The third-order valence-corrected chi connectivity index (χ3v) is 7.67. The van der Waals surface area contributed by atoms with Crippen molar-refractivity contribution in [1.82, 2.24) is 14.8 Å². The fourth-order valence-electron chi connectivity index (χ4n) is 5.24. The fourth-order valence-corrected chi connectivity index (χ4v) is 5.24. The highest BCUT2D eigenvalue weighted by molar-refractivity contribution is 6.04. The quantitative estimate of drug-likeness (QED) is 0.249. The molecule has 0 aliphatic carbocycles. The van der Waals surface area contributed by atoms with E-state index in [0.29, 0.717) is 24.6 Å². The molecule has 1 fully saturated rings. The maximum atomic E-state index is 14.0. The lowest BCUT2D eigenvalue weighted by atomic mass is 9.99. The molecule has 42 heavy (non-hydrogen) atoms. The Hall–Kier alpha value is -4.01. The van der Waals surface area contributed by atoms with Gasteiger partial charge in [0.25, 0.3) is 5.91 Å². The van der Waals surface area contributed by atoms with Crippen LogP contribution in [0, 0.1) is 0 Å². The van der Waals surface area contributed by atoms with Gasteiger partial charge in [-0.25, -0.2) is 0 Å². The smallest absolute Gasteiger partial charge is 0.322 e. The molecule has 0 saturated carbocycles. The monoisotopic (exact) mass is 572 g/mol. The molecular weight excluding hydrogens is 537 g/mol. The van der Waals surface area contributed by atoms with Gasteiger partial charge in [-0.15, -0.1) is 0 Å². The number of alkyl halides is 3. The van der Waals surface area contributed by atoms with Crippen LogP contribution in [-0.4, -0.2) is 53.9 Å². The van der Waals surface area contributed by atoms with E-state index in [4.69, 9.17) is 0 Å². The molecule has 1 aliphatic rings. The molecule has 1 amide bonds. The lowest BCUT2D eigenvalue weighted by Crippen LogP contribution is -2.44. The van der Waals surface area contributed by atoms with Gasteiger partial charge in [0.2, 0.25) is 0 Å². The maximum Gasteiger partial charge on any atom is 0.416 e. The summed E-state index contributed by atoms with van der Waals surface area (Å²) in [6, 6.07) is 19.3. The summed E-state index contributed by atoms with van der Waals surface area (Å²) in [6.07, 6.45) is 1.12.